The average molecular weight is 337 g/mol. The smallest absolute Gasteiger partial charge is 0.207 e. The third-order valence-corrected chi connectivity index (χ3v) is 5.97. The summed E-state index contributed by atoms with van der Waals surface area (Å²) in [6.45, 7) is 5.89. The van der Waals surface area contributed by atoms with Gasteiger partial charge in [0.25, 0.3) is 0 Å². The molecule has 1 atom stereocenters. The minimum absolute atomic E-state index is 0.311. The van der Waals surface area contributed by atoms with Crippen LogP contribution in [0.15, 0.2) is 89.5 Å². The van der Waals surface area contributed by atoms with E-state index in [1.807, 2.05) is 55.5 Å². The van der Waals surface area contributed by atoms with Crippen LogP contribution in [0.4, 0.5) is 0 Å². The molecule has 0 saturated carbocycles. The largest absolute Gasteiger partial charge is 0.244 e. The van der Waals surface area contributed by atoms with Gasteiger partial charge in [-0.05, 0) is 36.3 Å². The number of sulfonamides is 1. The van der Waals surface area contributed by atoms with E-state index in [1.54, 1.807) is 18.2 Å². The molecule has 0 aromatic heterocycles. The fourth-order valence-corrected chi connectivity index (χ4v) is 4.45. The number of hydrogen-bond acceptors (Lipinski definition) is 2. The summed E-state index contributed by atoms with van der Waals surface area (Å²) in [4.78, 5) is 0.311. The summed E-state index contributed by atoms with van der Waals surface area (Å²) in [6.07, 6.45) is 3.67. The molecule has 4 heteroatoms. The van der Waals surface area contributed by atoms with E-state index in [2.05, 4.69) is 12.3 Å². The number of aryl methyl sites for hydroxylation is 1. The summed E-state index contributed by atoms with van der Waals surface area (Å²) >= 11 is 0. The lowest BCUT2D eigenvalue weighted by Crippen LogP contribution is -2.32. The van der Waals surface area contributed by atoms with Gasteiger partial charge in [-0.25, -0.2) is 8.42 Å². The normalized spacial score (nSPS) is 18.0. The van der Waals surface area contributed by atoms with E-state index in [9.17, 15) is 8.42 Å². The van der Waals surface area contributed by atoms with E-state index in [1.165, 1.54) is 4.31 Å². The Balaban J connectivity index is 2.06. The fraction of sp³-hybridized carbons (Fsp3) is 0.150. The standard InChI is InChI=1S/C20H19NO2S/c1-3-7-17-14-15-21(20(17)18-8-5-4-6-9-18)24(22,23)19-12-10-16(2)11-13-19/h4-14,20H,1,15H2,2H3. The highest BCUT2D eigenvalue weighted by Gasteiger charge is 2.36. The second kappa shape index (κ2) is 6.62. The zero-order valence-electron chi connectivity index (χ0n) is 13.5. The Hall–Kier alpha value is -2.39. The molecule has 0 radical (unpaired) electrons. The second-order valence-corrected chi connectivity index (χ2v) is 7.64. The Morgan fingerprint density at radius 3 is 2.42 bits per heavy atom. The van der Waals surface area contributed by atoms with Gasteiger partial charge >= 0.3 is 0 Å². The Morgan fingerprint density at radius 2 is 1.79 bits per heavy atom. The second-order valence-electron chi connectivity index (χ2n) is 5.75. The molecule has 2 aromatic carbocycles. The van der Waals surface area contributed by atoms with E-state index in [0.717, 1.165) is 16.7 Å². The molecule has 0 fully saturated rings. The molecule has 2 aromatic rings. The van der Waals surface area contributed by atoms with E-state index in [-0.39, 0.29) is 6.04 Å². The summed E-state index contributed by atoms with van der Waals surface area (Å²) in [6, 6.07) is 16.2. The topological polar surface area (TPSA) is 37.4 Å². The molecule has 3 rings (SSSR count). The van der Waals surface area contributed by atoms with Gasteiger partial charge in [0.05, 0.1) is 10.9 Å². The lowest BCUT2D eigenvalue weighted by Gasteiger charge is -2.26. The first-order valence-electron chi connectivity index (χ1n) is 7.73. The molecule has 0 N–H and O–H groups in total. The van der Waals surface area contributed by atoms with E-state index >= 15 is 0 Å². The highest BCUT2D eigenvalue weighted by molar-refractivity contribution is 7.89. The van der Waals surface area contributed by atoms with Crippen molar-refractivity contribution in [1.82, 2.24) is 4.31 Å². The first kappa shape index (κ1) is 16.5. The van der Waals surface area contributed by atoms with Crippen LogP contribution in [-0.4, -0.2) is 19.3 Å². The summed E-state index contributed by atoms with van der Waals surface area (Å²) < 4.78 is 27.8. The maximum atomic E-state index is 13.1. The number of benzene rings is 2. The van der Waals surface area contributed by atoms with Gasteiger partial charge in [0.1, 0.15) is 0 Å². The third-order valence-electron chi connectivity index (χ3n) is 4.12. The first-order valence-corrected chi connectivity index (χ1v) is 9.17. The molecule has 122 valence electrons. The predicted molar refractivity (Wildman–Crippen MR) is 96.0 cm³/mol. The Bertz CT molecular complexity index is 906. The zero-order chi connectivity index (χ0) is 17.2. The van der Waals surface area contributed by atoms with Crippen LogP contribution < -0.4 is 0 Å². The Labute approximate surface area is 143 Å². The van der Waals surface area contributed by atoms with E-state index in [4.69, 9.17) is 0 Å². The van der Waals surface area contributed by atoms with Crippen molar-refractivity contribution < 1.29 is 8.42 Å². The van der Waals surface area contributed by atoms with Gasteiger partial charge in [0, 0.05) is 6.54 Å². The maximum Gasteiger partial charge on any atom is 0.244 e. The monoisotopic (exact) mass is 337 g/mol. The molecule has 24 heavy (non-hydrogen) atoms. The summed E-state index contributed by atoms with van der Waals surface area (Å²) in [5.74, 6) is 0. The van der Waals surface area contributed by atoms with Crippen molar-refractivity contribution in [3.05, 3.63) is 95.8 Å². The van der Waals surface area contributed by atoms with Crippen LogP contribution >= 0.6 is 0 Å². The van der Waals surface area contributed by atoms with Gasteiger partial charge in [-0.1, -0.05) is 60.7 Å². The Morgan fingerprint density at radius 1 is 1.12 bits per heavy atom. The van der Waals surface area contributed by atoms with Gasteiger partial charge in [-0.15, -0.1) is 5.73 Å². The van der Waals surface area contributed by atoms with Gasteiger partial charge in [0.2, 0.25) is 10.0 Å². The zero-order valence-corrected chi connectivity index (χ0v) is 14.3. The SMILES string of the molecule is C=C=CC1=CCN(S(=O)(=O)c2ccc(C)cc2)C1c1ccccc1. The van der Waals surface area contributed by atoms with Crippen molar-refractivity contribution in [2.75, 3.05) is 6.54 Å². The quantitative estimate of drug-likeness (QED) is 0.791. The van der Waals surface area contributed by atoms with Crippen LogP contribution in [0.1, 0.15) is 17.2 Å². The number of hydrogen-bond donors (Lipinski definition) is 0. The van der Waals surface area contributed by atoms with Crippen LogP contribution in [0, 0.1) is 6.92 Å². The third kappa shape index (κ3) is 3.00. The molecule has 0 bridgehead atoms. The van der Waals surface area contributed by atoms with E-state index < -0.39 is 10.0 Å². The van der Waals surface area contributed by atoms with Gasteiger partial charge < -0.3 is 0 Å². The molecule has 1 heterocycles. The molecular weight excluding hydrogens is 318 g/mol. The van der Waals surface area contributed by atoms with Crippen LogP contribution in [0.25, 0.3) is 0 Å². The molecule has 0 amide bonds. The number of rotatable bonds is 4. The van der Waals surface area contributed by atoms with Crippen molar-refractivity contribution >= 4 is 10.0 Å². The fourth-order valence-electron chi connectivity index (χ4n) is 2.91. The molecule has 0 saturated heterocycles. The minimum atomic E-state index is -3.59. The minimum Gasteiger partial charge on any atom is -0.207 e. The summed E-state index contributed by atoms with van der Waals surface area (Å²) in [5.41, 5.74) is 5.62. The summed E-state index contributed by atoms with van der Waals surface area (Å²) in [7, 11) is -3.59. The Kier molecular flexibility index (Phi) is 4.54. The van der Waals surface area contributed by atoms with Crippen molar-refractivity contribution in [3.8, 4) is 0 Å². The average Bonchev–Trinajstić information content (AvgIpc) is 3.01. The van der Waals surface area contributed by atoms with Gasteiger partial charge in [-0.2, -0.15) is 4.31 Å². The molecule has 3 nitrogen and oxygen atoms in total. The van der Waals surface area contributed by atoms with Crippen molar-refractivity contribution in [1.29, 1.82) is 0 Å². The summed E-state index contributed by atoms with van der Waals surface area (Å²) in [5, 5.41) is 0. The molecule has 1 aliphatic heterocycles. The highest BCUT2D eigenvalue weighted by atomic mass is 32.2. The van der Waals surface area contributed by atoms with Crippen LogP contribution in [-0.2, 0) is 10.0 Å². The van der Waals surface area contributed by atoms with Crippen LogP contribution in [0.5, 0.6) is 0 Å². The van der Waals surface area contributed by atoms with Gasteiger partial charge in [0.15, 0.2) is 0 Å². The number of nitrogens with zero attached hydrogens (tertiary/aromatic N) is 1. The molecule has 0 aliphatic carbocycles. The van der Waals surface area contributed by atoms with Crippen molar-refractivity contribution in [2.24, 2.45) is 0 Å². The van der Waals surface area contributed by atoms with Crippen molar-refractivity contribution in [2.45, 2.75) is 17.9 Å². The molecular formula is C20H19NO2S. The van der Waals surface area contributed by atoms with Crippen LogP contribution in [0.2, 0.25) is 0 Å². The lowest BCUT2D eigenvalue weighted by atomic mass is 10.0. The van der Waals surface area contributed by atoms with Crippen molar-refractivity contribution in [3.63, 3.8) is 0 Å². The molecule has 1 unspecified atom stereocenters. The first-order chi connectivity index (χ1) is 11.5. The van der Waals surface area contributed by atoms with E-state index in [0.29, 0.717) is 11.4 Å². The molecule has 0 spiro atoms. The lowest BCUT2D eigenvalue weighted by molar-refractivity contribution is 0.412. The predicted octanol–water partition coefficient (Wildman–Crippen LogP) is 4.01. The maximum absolute atomic E-state index is 13.1. The van der Waals surface area contributed by atoms with Crippen LogP contribution in [0.3, 0.4) is 0 Å². The molecule has 1 aliphatic rings. The van der Waals surface area contributed by atoms with Gasteiger partial charge in [-0.3, -0.25) is 0 Å². The highest BCUT2D eigenvalue weighted by Crippen LogP contribution is 2.37.